The van der Waals surface area contributed by atoms with Crippen LogP contribution in [0.15, 0.2) is 59.8 Å². The topological polar surface area (TPSA) is 129 Å². The molecule has 0 saturated heterocycles. The Labute approximate surface area is 212 Å². The van der Waals surface area contributed by atoms with Gasteiger partial charge in [-0.1, -0.05) is 25.7 Å². The second kappa shape index (κ2) is 11.7. The van der Waals surface area contributed by atoms with Gasteiger partial charge in [0, 0.05) is 47.1 Å². The van der Waals surface area contributed by atoms with E-state index < -0.39 is 9.73 Å². The lowest BCUT2D eigenvalue weighted by molar-refractivity contribution is 0.281. The van der Waals surface area contributed by atoms with Crippen LogP contribution in [0.2, 0.25) is 0 Å². The van der Waals surface area contributed by atoms with Gasteiger partial charge < -0.3 is 15.7 Å². The molecule has 0 radical (unpaired) electrons. The Morgan fingerprint density at radius 3 is 2.56 bits per heavy atom. The van der Waals surface area contributed by atoms with Crippen molar-refractivity contribution in [2.45, 2.75) is 31.7 Å². The van der Waals surface area contributed by atoms with Crippen molar-refractivity contribution in [1.29, 1.82) is 4.78 Å². The molecular weight excluding hydrogens is 474 g/mol. The minimum absolute atomic E-state index is 0.0673. The summed E-state index contributed by atoms with van der Waals surface area (Å²) in [4.78, 5) is 9.36. The molecule has 4 N–H and O–H groups in total. The number of aromatic nitrogens is 4. The molecular formula is C26H31N7O2S. The molecule has 36 heavy (non-hydrogen) atoms. The molecule has 0 fully saturated rings. The largest absolute Gasteiger partial charge is 0.394 e. The Morgan fingerprint density at radius 1 is 1.17 bits per heavy atom. The summed E-state index contributed by atoms with van der Waals surface area (Å²) in [7, 11) is -0.895. The van der Waals surface area contributed by atoms with Crippen molar-refractivity contribution in [3.05, 3.63) is 66.0 Å². The monoisotopic (exact) mass is 505 g/mol. The van der Waals surface area contributed by atoms with Crippen molar-refractivity contribution in [2.75, 3.05) is 23.5 Å². The third-order valence-electron chi connectivity index (χ3n) is 4.97. The fraction of sp³-hybridized carbons (Fsp3) is 0.269. The van der Waals surface area contributed by atoms with Gasteiger partial charge in [0.2, 0.25) is 5.95 Å². The molecule has 0 aliphatic carbocycles. The summed E-state index contributed by atoms with van der Waals surface area (Å²) in [6, 6.07) is 12.3. The summed E-state index contributed by atoms with van der Waals surface area (Å²) in [5.74, 6) is 7.10. The van der Waals surface area contributed by atoms with Gasteiger partial charge in [0.15, 0.2) is 0 Å². The zero-order valence-corrected chi connectivity index (χ0v) is 21.8. The fourth-order valence-corrected chi connectivity index (χ4v) is 3.87. The van der Waals surface area contributed by atoms with E-state index in [0.717, 1.165) is 16.5 Å². The SMILES string of the molecule is CC.C[C@H](CO)Nc1nc(Nc2ccc(S(C)(=N)=O)cc2)ncc1C#Cc1ccc2nn(C)cc2c1. The summed E-state index contributed by atoms with van der Waals surface area (Å²) in [5.41, 5.74) is 3.03. The molecule has 0 amide bonds. The van der Waals surface area contributed by atoms with Crippen molar-refractivity contribution in [2.24, 2.45) is 7.05 Å². The van der Waals surface area contributed by atoms with Crippen LogP contribution in [0.4, 0.5) is 17.5 Å². The number of benzene rings is 2. The Kier molecular flexibility index (Phi) is 8.64. The molecule has 0 spiro atoms. The number of nitrogens with one attached hydrogen (secondary N) is 3. The number of hydrogen-bond acceptors (Lipinski definition) is 8. The highest BCUT2D eigenvalue weighted by Crippen LogP contribution is 2.20. The van der Waals surface area contributed by atoms with Gasteiger partial charge >= 0.3 is 0 Å². The van der Waals surface area contributed by atoms with Gasteiger partial charge in [-0.05, 0) is 49.4 Å². The highest BCUT2D eigenvalue weighted by Gasteiger charge is 2.10. The van der Waals surface area contributed by atoms with Crippen molar-refractivity contribution in [1.82, 2.24) is 19.7 Å². The Morgan fingerprint density at radius 2 is 1.89 bits per heavy atom. The van der Waals surface area contributed by atoms with E-state index in [4.69, 9.17) is 4.78 Å². The molecule has 2 aromatic carbocycles. The molecule has 1 unspecified atom stereocenters. The zero-order chi connectivity index (χ0) is 26.3. The average molecular weight is 506 g/mol. The summed E-state index contributed by atoms with van der Waals surface area (Å²) in [6.07, 6.45) is 4.94. The van der Waals surface area contributed by atoms with Crippen molar-refractivity contribution < 1.29 is 9.32 Å². The van der Waals surface area contributed by atoms with E-state index in [0.29, 0.717) is 27.9 Å². The van der Waals surface area contributed by atoms with Crippen LogP contribution < -0.4 is 10.6 Å². The summed E-state index contributed by atoms with van der Waals surface area (Å²) < 4.78 is 21.3. The first kappa shape index (κ1) is 26.7. The highest BCUT2D eigenvalue weighted by atomic mass is 32.2. The number of anilines is 3. The van der Waals surface area contributed by atoms with Crippen LogP contribution in [0.1, 0.15) is 31.9 Å². The number of hydrogen-bond donors (Lipinski definition) is 4. The molecule has 0 bridgehead atoms. The van der Waals surface area contributed by atoms with Crippen LogP contribution in [-0.2, 0) is 16.8 Å². The third-order valence-corrected chi connectivity index (χ3v) is 6.14. The predicted molar refractivity (Wildman–Crippen MR) is 145 cm³/mol. The fourth-order valence-electron chi connectivity index (χ4n) is 3.22. The van der Waals surface area contributed by atoms with Gasteiger partial charge in [-0.2, -0.15) is 10.1 Å². The molecule has 2 aromatic heterocycles. The average Bonchev–Trinajstić information content (AvgIpc) is 3.23. The minimum atomic E-state index is -2.77. The maximum Gasteiger partial charge on any atom is 0.229 e. The van der Waals surface area contributed by atoms with Crippen LogP contribution in [0.3, 0.4) is 0 Å². The lowest BCUT2D eigenvalue weighted by Crippen LogP contribution is -2.21. The molecule has 2 atom stereocenters. The maximum absolute atomic E-state index is 11.9. The lowest BCUT2D eigenvalue weighted by atomic mass is 10.1. The standard InChI is InChI=1S/C24H25N7O2S.C2H6/c1-16(15-32)27-23-18(6-4-17-5-11-22-19(12-17)14-31(2)30-22)13-26-24(29-23)28-20-7-9-21(10-8-20)34(3,25)33;1-2/h5,7-14,16,25,32H,15H2,1-3H3,(H2,26,27,28,29);1-2H3/t16-,34?;/m1./s1. The number of aliphatic hydroxyl groups excluding tert-OH is 1. The lowest BCUT2D eigenvalue weighted by Gasteiger charge is -2.14. The quantitative estimate of drug-likeness (QED) is 0.287. The number of aliphatic hydroxyl groups is 1. The van der Waals surface area contributed by atoms with E-state index in [1.54, 1.807) is 35.1 Å². The second-order valence-corrected chi connectivity index (χ2v) is 10.2. The summed E-state index contributed by atoms with van der Waals surface area (Å²) in [5, 5.41) is 21.1. The Bertz CT molecular complexity index is 1500. The summed E-state index contributed by atoms with van der Waals surface area (Å²) >= 11 is 0. The predicted octanol–water partition coefficient (Wildman–Crippen LogP) is 4.36. The van der Waals surface area contributed by atoms with Gasteiger partial charge in [-0.25, -0.2) is 14.0 Å². The van der Waals surface area contributed by atoms with E-state index >= 15 is 0 Å². The maximum atomic E-state index is 11.9. The molecule has 0 aliphatic rings. The molecule has 4 rings (SSSR count). The van der Waals surface area contributed by atoms with E-state index in [-0.39, 0.29) is 12.6 Å². The van der Waals surface area contributed by atoms with Crippen LogP contribution in [0.25, 0.3) is 10.9 Å². The Balaban J connectivity index is 0.00000176. The molecule has 0 saturated carbocycles. The number of fused-ring (bicyclic) bond motifs is 1. The van der Waals surface area contributed by atoms with Crippen LogP contribution >= 0.6 is 0 Å². The second-order valence-electron chi connectivity index (χ2n) is 8.00. The summed E-state index contributed by atoms with van der Waals surface area (Å²) in [6.45, 7) is 5.77. The molecule has 188 valence electrons. The van der Waals surface area contributed by atoms with Gasteiger partial charge in [0.25, 0.3) is 0 Å². The first-order valence-electron chi connectivity index (χ1n) is 11.5. The first-order chi connectivity index (χ1) is 17.2. The number of rotatable bonds is 6. The minimum Gasteiger partial charge on any atom is -0.394 e. The van der Waals surface area contributed by atoms with Crippen LogP contribution in [0, 0.1) is 16.6 Å². The number of nitrogens with zero attached hydrogens (tertiary/aromatic N) is 4. The van der Waals surface area contributed by atoms with Gasteiger partial charge in [-0.15, -0.1) is 0 Å². The Hall–Kier alpha value is -3.94. The number of aryl methyl sites for hydroxylation is 1. The van der Waals surface area contributed by atoms with E-state index in [2.05, 4.69) is 37.5 Å². The van der Waals surface area contributed by atoms with Gasteiger partial charge in [-0.3, -0.25) is 4.68 Å². The van der Waals surface area contributed by atoms with Crippen molar-refractivity contribution in [3.8, 4) is 11.8 Å². The normalized spacial score (nSPS) is 12.9. The molecule has 2 heterocycles. The first-order valence-corrected chi connectivity index (χ1v) is 13.5. The molecule has 9 nitrogen and oxygen atoms in total. The van der Waals surface area contributed by atoms with Crippen molar-refractivity contribution >= 4 is 38.1 Å². The van der Waals surface area contributed by atoms with E-state index in [1.165, 1.54) is 6.26 Å². The van der Waals surface area contributed by atoms with Crippen LogP contribution in [0.5, 0.6) is 0 Å². The molecule has 0 aliphatic heterocycles. The van der Waals surface area contributed by atoms with Crippen LogP contribution in [-0.4, -0.2) is 48.0 Å². The highest BCUT2D eigenvalue weighted by molar-refractivity contribution is 7.91. The molecule has 4 aromatic rings. The van der Waals surface area contributed by atoms with Crippen molar-refractivity contribution in [3.63, 3.8) is 0 Å². The zero-order valence-electron chi connectivity index (χ0n) is 21.0. The molecule has 10 heteroatoms. The van der Waals surface area contributed by atoms with Gasteiger partial charge in [0.05, 0.1) is 33.6 Å². The van der Waals surface area contributed by atoms with E-state index in [9.17, 15) is 9.32 Å². The smallest absolute Gasteiger partial charge is 0.229 e. The van der Waals surface area contributed by atoms with E-state index in [1.807, 2.05) is 52.2 Å². The third kappa shape index (κ3) is 6.81. The van der Waals surface area contributed by atoms with Gasteiger partial charge in [0.1, 0.15) is 5.82 Å².